The van der Waals surface area contributed by atoms with Crippen LogP contribution in [0.4, 0.5) is 29.2 Å². The Kier molecular flexibility index (Phi) is 4.09. The zero-order valence-electron chi connectivity index (χ0n) is 13.9. The van der Waals surface area contributed by atoms with E-state index in [1.807, 2.05) is 0 Å². The lowest BCUT2D eigenvalue weighted by Gasteiger charge is -2.12. The minimum Gasteiger partial charge on any atom is -0.324 e. The fourth-order valence-corrected chi connectivity index (χ4v) is 2.82. The van der Waals surface area contributed by atoms with E-state index in [4.69, 9.17) is 0 Å². The lowest BCUT2D eigenvalue weighted by Crippen LogP contribution is -2.21. The highest BCUT2D eigenvalue weighted by Gasteiger charge is 2.34. The molecule has 0 radical (unpaired) electrons. The molecule has 2 aromatic heterocycles. The largest absolute Gasteiger partial charge is 0.419 e. The van der Waals surface area contributed by atoms with Crippen LogP contribution in [0.2, 0.25) is 0 Å². The van der Waals surface area contributed by atoms with E-state index in [2.05, 4.69) is 15.3 Å². The number of nitrogens with one attached hydrogen (secondary N) is 1. The Morgan fingerprint density at radius 1 is 1.19 bits per heavy atom. The van der Waals surface area contributed by atoms with Crippen molar-refractivity contribution in [3.63, 3.8) is 0 Å². The minimum atomic E-state index is -4.81. The number of rotatable bonds is 4. The molecule has 2 heterocycles. The molecule has 4 rings (SSSR count). The van der Waals surface area contributed by atoms with Gasteiger partial charge in [0.1, 0.15) is 11.5 Å². The molecule has 5 nitrogen and oxygen atoms in total. The van der Waals surface area contributed by atoms with Crippen LogP contribution in [0.1, 0.15) is 18.4 Å². The number of anilines is 2. The monoisotopic (exact) mass is 378 g/mol. The summed E-state index contributed by atoms with van der Waals surface area (Å²) >= 11 is 0. The Balaban J connectivity index is 1.71. The maximum atomic E-state index is 13.4. The highest BCUT2D eigenvalue weighted by molar-refractivity contribution is 5.75. The summed E-state index contributed by atoms with van der Waals surface area (Å²) in [6, 6.07) is 5.60. The Labute approximate surface area is 150 Å². The van der Waals surface area contributed by atoms with Crippen LogP contribution in [0.5, 0.6) is 0 Å². The molecular formula is C18H14F4N4O. The smallest absolute Gasteiger partial charge is 0.324 e. The molecule has 27 heavy (non-hydrogen) atoms. The Bertz CT molecular complexity index is 1070. The van der Waals surface area contributed by atoms with Gasteiger partial charge < -0.3 is 5.32 Å². The summed E-state index contributed by atoms with van der Waals surface area (Å²) in [5, 5.41) is 3.30. The summed E-state index contributed by atoms with van der Waals surface area (Å²) in [7, 11) is 0. The first-order chi connectivity index (χ1) is 12.8. The molecule has 1 N–H and O–H groups in total. The Morgan fingerprint density at radius 3 is 2.67 bits per heavy atom. The quantitative estimate of drug-likeness (QED) is 0.695. The van der Waals surface area contributed by atoms with Crippen molar-refractivity contribution in [2.75, 3.05) is 5.32 Å². The third kappa shape index (κ3) is 3.62. The van der Waals surface area contributed by atoms with Gasteiger partial charge in [0.05, 0.1) is 5.56 Å². The van der Waals surface area contributed by atoms with Gasteiger partial charge in [-0.3, -0.25) is 9.36 Å². The molecule has 0 atom stereocenters. The van der Waals surface area contributed by atoms with Gasteiger partial charge in [-0.15, -0.1) is 0 Å². The molecule has 0 saturated heterocycles. The molecule has 140 valence electrons. The maximum Gasteiger partial charge on any atom is 0.419 e. The molecule has 1 aromatic carbocycles. The highest BCUT2D eigenvalue weighted by atomic mass is 19.4. The van der Waals surface area contributed by atoms with Crippen molar-refractivity contribution >= 4 is 22.7 Å². The van der Waals surface area contributed by atoms with E-state index in [9.17, 15) is 22.4 Å². The number of halogens is 4. The number of nitrogens with zero attached hydrogens (tertiary/aromatic N) is 3. The zero-order chi connectivity index (χ0) is 19.2. The molecule has 0 aliphatic heterocycles. The lowest BCUT2D eigenvalue weighted by atomic mass is 10.2. The average Bonchev–Trinajstić information content (AvgIpc) is 3.42. The second-order valence-corrected chi connectivity index (χ2v) is 6.52. The lowest BCUT2D eigenvalue weighted by molar-refractivity contribution is -0.139. The average molecular weight is 378 g/mol. The van der Waals surface area contributed by atoms with Gasteiger partial charge in [-0.25, -0.2) is 9.37 Å². The fourth-order valence-electron chi connectivity index (χ4n) is 2.82. The molecule has 9 heteroatoms. The van der Waals surface area contributed by atoms with Gasteiger partial charge in [0.15, 0.2) is 0 Å². The summed E-state index contributed by atoms with van der Waals surface area (Å²) in [6.45, 7) is 0.543. The molecule has 1 saturated carbocycles. The van der Waals surface area contributed by atoms with Crippen molar-refractivity contribution in [3.8, 4) is 0 Å². The summed E-state index contributed by atoms with van der Waals surface area (Å²) in [5.41, 5.74) is -1.17. The molecule has 1 aliphatic carbocycles. The van der Waals surface area contributed by atoms with Crippen LogP contribution in [-0.2, 0) is 12.7 Å². The van der Waals surface area contributed by atoms with E-state index in [0.29, 0.717) is 29.6 Å². The first-order valence-electron chi connectivity index (χ1n) is 8.31. The van der Waals surface area contributed by atoms with Gasteiger partial charge in [0.2, 0.25) is 5.95 Å². The van der Waals surface area contributed by atoms with Crippen LogP contribution in [0.25, 0.3) is 11.0 Å². The molecule has 1 aliphatic rings. The summed E-state index contributed by atoms with van der Waals surface area (Å²) in [5.74, 6) is -0.894. The van der Waals surface area contributed by atoms with Gasteiger partial charge >= 0.3 is 6.18 Å². The molecule has 0 unspecified atom stereocenters. The Morgan fingerprint density at radius 2 is 1.96 bits per heavy atom. The summed E-state index contributed by atoms with van der Waals surface area (Å²) in [6.07, 6.45) is -1.22. The van der Waals surface area contributed by atoms with Crippen LogP contribution in [0.15, 0.2) is 41.3 Å². The van der Waals surface area contributed by atoms with E-state index >= 15 is 0 Å². The van der Waals surface area contributed by atoms with Crippen LogP contribution in [0.3, 0.4) is 0 Å². The van der Waals surface area contributed by atoms with Gasteiger partial charge in [0.25, 0.3) is 5.56 Å². The van der Waals surface area contributed by atoms with Gasteiger partial charge in [-0.05, 0) is 43.0 Å². The number of pyridine rings is 1. The third-order valence-corrected chi connectivity index (χ3v) is 4.39. The van der Waals surface area contributed by atoms with Gasteiger partial charge in [-0.1, -0.05) is 0 Å². The van der Waals surface area contributed by atoms with Gasteiger partial charge in [-0.2, -0.15) is 18.2 Å². The SMILES string of the molecule is O=c1ccc2cnc(Nc3ccc(F)c(C(F)(F)F)c3)nc2n1CC1CC1. The molecule has 0 bridgehead atoms. The molecule has 1 fully saturated rings. The van der Waals surface area contributed by atoms with E-state index in [1.165, 1.54) is 18.3 Å². The van der Waals surface area contributed by atoms with E-state index in [0.717, 1.165) is 18.9 Å². The summed E-state index contributed by atoms with van der Waals surface area (Å²) in [4.78, 5) is 20.5. The molecular weight excluding hydrogens is 364 g/mol. The van der Waals surface area contributed by atoms with Crippen molar-refractivity contribution < 1.29 is 17.6 Å². The number of hydrogen-bond acceptors (Lipinski definition) is 4. The number of aromatic nitrogens is 3. The number of benzene rings is 1. The maximum absolute atomic E-state index is 13.4. The van der Waals surface area contributed by atoms with E-state index in [1.54, 1.807) is 10.6 Å². The highest BCUT2D eigenvalue weighted by Crippen LogP contribution is 2.33. The number of fused-ring (bicyclic) bond motifs is 1. The van der Waals surface area contributed by atoms with E-state index in [-0.39, 0.29) is 17.2 Å². The molecule has 0 spiro atoms. The normalized spacial score (nSPS) is 14.5. The first kappa shape index (κ1) is 17.4. The minimum absolute atomic E-state index is 0.00454. The zero-order valence-corrected chi connectivity index (χ0v) is 13.9. The van der Waals surface area contributed by atoms with Crippen LogP contribution in [-0.4, -0.2) is 14.5 Å². The summed E-state index contributed by atoms with van der Waals surface area (Å²) < 4.78 is 53.6. The number of hydrogen-bond donors (Lipinski definition) is 1. The predicted molar refractivity (Wildman–Crippen MR) is 91.2 cm³/mol. The Hall–Kier alpha value is -2.97. The van der Waals surface area contributed by atoms with Crippen molar-refractivity contribution in [1.29, 1.82) is 0 Å². The first-order valence-corrected chi connectivity index (χ1v) is 8.31. The number of alkyl halides is 3. The van der Waals surface area contributed by atoms with Crippen molar-refractivity contribution in [2.45, 2.75) is 25.6 Å². The van der Waals surface area contributed by atoms with Crippen molar-refractivity contribution in [3.05, 3.63) is 58.3 Å². The van der Waals surface area contributed by atoms with Gasteiger partial charge in [0, 0.05) is 29.9 Å². The second kappa shape index (κ2) is 6.33. The van der Waals surface area contributed by atoms with Crippen molar-refractivity contribution in [2.24, 2.45) is 5.92 Å². The standard InChI is InChI=1S/C18H14F4N4O/c19-14-5-4-12(7-13(14)18(20,21)22)24-17-23-8-11-3-6-15(27)26(16(11)25-17)9-10-1-2-10/h3-8,10H,1-2,9H2,(H,23,24,25). The van der Waals surface area contributed by atoms with E-state index < -0.39 is 17.6 Å². The molecule has 0 amide bonds. The predicted octanol–water partition coefficient (Wildman–Crippen LogP) is 4.10. The van der Waals surface area contributed by atoms with Crippen molar-refractivity contribution in [1.82, 2.24) is 14.5 Å². The van der Waals surface area contributed by atoms with Crippen LogP contribution >= 0.6 is 0 Å². The third-order valence-electron chi connectivity index (χ3n) is 4.39. The topological polar surface area (TPSA) is 59.8 Å². The van der Waals surface area contributed by atoms with Crippen LogP contribution in [0, 0.1) is 11.7 Å². The second-order valence-electron chi connectivity index (χ2n) is 6.52. The molecule has 3 aromatic rings. The fraction of sp³-hybridized carbons (Fsp3) is 0.278. The van der Waals surface area contributed by atoms with Crippen LogP contribution < -0.4 is 10.9 Å².